The molecule has 1 rings (SSSR count). The zero-order chi connectivity index (χ0) is 11.1. The SMILES string of the molecule is FC(F)(F)c1c(Cl)[nH]c(Cl)c(Cl)c1=S. The average molecular weight is 283 g/mol. The van der Waals surface area contributed by atoms with E-state index in [1.807, 2.05) is 0 Å². The minimum Gasteiger partial charge on any atom is -0.335 e. The minimum atomic E-state index is -4.65. The average Bonchev–Trinajstić information content (AvgIpc) is 1.97. The molecule has 0 atom stereocenters. The van der Waals surface area contributed by atoms with Gasteiger partial charge in [0.15, 0.2) is 0 Å². The first-order valence-electron chi connectivity index (χ1n) is 3.09. The lowest BCUT2D eigenvalue weighted by Gasteiger charge is -2.10. The number of aromatic amines is 1. The molecule has 1 aromatic rings. The molecule has 1 nitrogen and oxygen atoms in total. The first kappa shape index (κ1) is 12.1. The van der Waals surface area contributed by atoms with Crippen molar-refractivity contribution in [2.45, 2.75) is 6.18 Å². The van der Waals surface area contributed by atoms with Gasteiger partial charge >= 0.3 is 6.18 Å². The van der Waals surface area contributed by atoms with Crippen molar-refractivity contribution in [3.05, 3.63) is 25.4 Å². The lowest BCUT2D eigenvalue weighted by atomic mass is 10.3. The van der Waals surface area contributed by atoms with Gasteiger partial charge in [-0.05, 0) is 0 Å². The molecule has 0 amide bonds. The molecule has 14 heavy (non-hydrogen) atoms. The highest BCUT2D eigenvalue weighted by molar-refractivity contribution is 7.71. The van der Waals surface area contributed by atoms with Crippen molar-refractivity contribution in [2.24, 2.45) is 0 Å². The standard InChI is InChI=1S/C6HCl3F3NS/c7-2-3(14)1(6(10,11)12)4(8)13-5(2)9/h(H,13,14). The number of hydrogen-bond donors (Lipinski definition) is 1. The van der Waals surface area contributed by atoms with Gasteiger partial charge in [0.25, 0.3) is 0 Å². The van der Waals surface area contributed by atoms with E-state index in [-0.39, 0.29) is 10.2 Å². The fourth-order valence-corrected chi connectivity index (χ4v) is 1.88. The second kappa shape index (κ2) is 3.89. The fourth-order valence-electron chi connectivity index (χ4n) is 0.776. The van der Waals surface area contributed by atoms with Crippen molar-refractivity contribution < 1.29 is 13.2 Å². The number of halogens is 6. The quantitative estimate of drug-likeness (QED) is 0.537. The van der Waals surface area contributed by atoms with Crippen LogP contribution in [-0.2, 0) is 6.18 Å². The maximum absolute atomic E-state index is 12.3. The van der Waals surface area contributed by atoms with E-state index >= 15 is 0 Å². The monoisotopic (exact) mass is 281 g/mol. The molecule has 0 aliphatic carbocycles. The molecule has 0 radical (unpaired) electrons. The zero-order valence-electron chi connectivity index (χ0n) is 6.18. The highest BCUT2D eigenvalue weighted by Crippen LogP contribution is 2.38. The van der Waals surface area contributed by atoms with Crippen molar-refractivity contribution in [3.8, 4) is 0 Å². The Morgan fingerprint density at radius 1 is 1.07 bits per heavy atom. The van der Waals surface area contributed by atoms with E-state index < -0.39 is 21.4 Å². The first-order chi connectivity index (χ1) is 6.25. The van der Waals surface area contributed by atoms with Crippen LogP contribution in [0.5, 0.6) is 0 Å². The molecule has 0 aromatic carbocycles. The Morgan fingerprint density at radius 3 is 2.00 bits per heavy atom. The summed E-state index contributed by atoms with van der Waals surface area (Å²) in [6, 6.07) is 0. The Hall–Kier alpha value is 0.0300. The predicted molar refractivity (Wildman–Crippen MR) is 51.7 cm³/mol. The van der Waals surface area contributed by atoms with E-state index in [0.29, 0.717) is 0 Å². The Labute approximate surface area is 96.8 Å². The molecular weight excluding hydrogens is 281 g/mol. The van der Waals surface area contributed by atoms with Gasteiger partial charge in [-0.3, -0.25) is 0 Å². The predicted octanol–water partition coefficient (Wildman–Crippen LogP) is 4.72. The summed E-state index contributed by atoms with van der Waals surface area (Å²) in [6.07, 6.45) is -4.65. The molecule has 1 N–H and O–H groups in total. The number of aromatic nitrogens is 1. The molecule has 0 aliphatic heterocycles. The molecule has 8 heteroatoms. The van der Waals surface area contributed by atoms with Gasteiger partial charge in [0, 0.05) is 0 Å². The molecule has 1 heterocycles. The molecule has 0 spiro atoms. The van der Waals surface area contributed by atoms with Crippen molar-refractivity contribution in [1.82, 2.24) is 4.98 Å². The van der Waals surface area contributed by atoms with Crippen LogP contribution in [0.2, 0.25) is 15.3 Å². The molecule has 0 bridgehead atoms. The summed E-state index contributed by atoms with van der Waals surface area (Å²) in [4.78, 5) is 2.07. The van der Waals surface area contributed by atoms with Crippen LogP contribution in [0.3, 0.4) is 0 Å². The van der Waals surface area contributed by atoms with Crippen LogP contribution in [0, 0.1) is 4.51 Å². The van der Waals surface area contributed by atoms with Crippen LogP contribution in [-0.4, -0.2) is 4.98 Å². The Balaban J connectivity index is 3.62. The lowest BCUT2D eigenvalue weighted by Crippen LogP contribution is -2.08. The molecular formula is C6HCl3F3NS. The third-order valence-corrected chi connectivity index (χ3v) is 2.90. The molecule has 0 unspecified atom stereocenters. The van der Waals surface area contributed by atoms with Gasteiger partial charge < -0.3 is 4.98 Å². The summed E-state index contributed by atoms with van der Waals surface area (Å²) in [5.41, 5.74) is -1.18. The third kappa shape index (κ3) is 2.16. The van der Waals surface area contributed by atoms with Crippen molar-refractivity contribution in [2.75, 3.05) is 0 Å². The van der Waals surface area contributed by atoms with E-state index in [1.54, 1.807) is 0 Å². The number of rotatable bonds is 0. The molecule has 0 fully saturated rings. The normalized spacial score (nSPS) is 11.9. The number of nitrogens with one attached hydrogen (secondary N) is 1. The largest absolute Gasteiger partial charge is 0.420 e. The molecule has 1 aromatic heterocycles. The summed E-state index contributed by atoms with van der Waals surface area (Å²) >= 11 is 20.7. The number of hydrogen-bond acceptors (Lipinski definition) is 1. The van der Waals surface area contributed by atoms with E-state index in [0.717, 1.165) is 0 Å². The highest BCUT2D eigenvalue weighted by Gasteiger charge is 2.36. The van der Waals surface area contributed by atoms with Gasteiger partial charge in [0.2, 0.25) is 0 Å². The van der Waals surface area contributed by atoms with Crippen molar-refractivity contribution in [1.29, 1.82) is 0 Å². The second-order valence-corrected chi connectivity index (χ2v) is 3.81. The van der Waals surface area contributed by atoms with E-state index in [2.05, 4.69) is 17.2 Å². The lowest BCUT2D eigenvalue weighted by molar-refractivity contribution is -0.138. The maximum Gasteiger partial charge on any atom is 0.420 e. The zero-order valence-corrected chi connectivity index (χ0v) is 9.26. The van der Waals surface area contributed by atoms with E-state index in [9.17, 15) is 13.2 Å². The van der Waals surface area contributed by atoms with Crippen LogP contribution < -0.4 is 0 Å². The van der Waals surface area contributed by atoms with E-state index in [4.69, 9.17) is 34.8 Å². The van der Waals surface area contributed by atoms with E-state index in [1.165, 1.54) is 0 Å². The Kier molecular flexibility index (Phi) is 3.36. The first-order valence-corrected chi connectivity index (χ1v) is 4.63. The number of H-pyrrole nitrogens is 1. The van der Waals surface area contributed by atoms with Crippen LogP contribution in [0.15, 0.2) is 0 Å². The van der Waals surface area contributed by atoms with Crippen LogP contribution in [0.1, 0.15) is 5.56 Å². The summed E-state index contributed by atoms with van der Waals surface area (Å²) in [5, 5.41) is -1.25. The third-order valence-electron chi connectivity index (χ3n) is 1.34. The molecule has 0 saturated heterocycles. The highest BCUT2D eigenvalue weighted by atomic mass is 35.5. The summed E-state index contributed by atoms with van der Waals surface area (Å²) in [7, 11) is 0. The number of alkyl halides is 3. The van der Waals surface area contributed by atoms with Gasteiger partial charge in [-0.1, -0.05) is 47.0 Å². The van der Waals surface area contributed by atoms with Crippen molar-refractivity contribution >= 4 is 47.0 Å². The second-order valence-electron chi connectivity index (χ2n) is 2.27. The van der Waals surface area contributed by atoms with Crippen molar-refractivity contribution in [3.63, 3.8) is 0 Å². The minimum absolute atomic E-state index is 0.213. The molecule has 0 saturated carbocycles. The van der Waals surface area contributed by atoms with Crippen LogP contribution in [0.4, 0.5) is 13.2 Å². The maximum atomic E-state index is 12.3. The van der Waals surface area contributed by atoms with Gasteiger partial charge in [0.05, 0.1) is 9.53 Å². The Bertz CT molecular complexity index is 426. The summed E-state index contributed by atoms with van der Waals surface area (Å²) < 4.78 is 36.4. The summed E-state index contributed by atoms with van der Waals surface area (Å²) in [6.45, 7) is 0. The van der Waals surface area contributed by atoms with Gasteiger partial charge in [0.1, 0.15) is 15.9 Å². The fraction of sp³-hybridized carbons (Fsp3) is 0.167. The Morgan fingerprint density at radius 2 is 1.57 bits per heavy atom. The topological polar surface area (TPSA) is 15.8 Å². The van der Waals surface area contributed by atoms with Gasteiger partial charge in [-0.25, -0.2) is 0 Å². The molecule has 78 valence electrons. The van der Waals surface area contributed by atoms with Gasteiger partial charge in [-0.15, -0.1) is 0 Å². The molecule has 0 aliphatic rings. The number of pyridine rings is 1. The van der Waals surface area contributed by atoms with Crippen LogP contribution in [0.25, 0.3) is 0 Å². The van der Waals surface area contributed by atoms with Gasteiger partial charge in [-0.2, -0.15) is 13.2 Å². The summed E-state index contributed by atoms with van der Waals surface area (Å²) in [5.74, 6) is 0. The smallest absolute Gasteiger partial charge is 0.335 e. The van der Waals surface area contributed by atoms with Crippen LogP contribution >= 0.6 is 47.0 Å².